The molecule has 0 bridgehead atoms. The van der Waals surface area contributed by atoms with Crippen LogP contribution >= 0.6 is 0 Å². The number of hydrogen-bond donors (Lipinski definition) is 1. The number of fused-ring (bicyclic) bond motifs is 1. The third-order valence-electron chi connectivity index (χ3n) is 4.29. The predicted octanol–water partition coefficient (Wildman–Crippen LogP) is 3.95. The summed E-state index contributed by atoms with van der Waals surface area (Å²) >= 11 is 0. The standard InChI is InChI=1S/C17H21FN2/c1-17(18,11-14-6-2-3-9-20-14)16-7-4-5-13-8-10-19-12-15(13)16/h4-5,7-8,10,12,14,20H,2-3,6,9,11H2,1H3. The molecule has 106 valence electrons. The third kappa shape index (κ3) is 2.68. The Morgan fingerprint density at radius 1 is 1.35 bits per heavy atom. The average molecular weight is 272 g/mol. The van der Waals surface area contributed by atoms with Gasteiger partial charge in [-0.1, -0.05) is 24.6 Å². The zero-order valence-electron chi connectivity index (χ0n) is 11.9. The second kappa shape index (κ2) is 5.49. The van der Waals surface area contributed by atoms with E-state index in [1.807, 2.05) is 24.3 Å². The minimum absolute atomic E-state index is 0.283. The zero-order chi connectivity index (χ0) is 14.0. The molecule has 1 aromatic carbocycles. The van der Waals surface area contributed by atoms with Gasteiger partial charge in [-0.15, -0.1) is 0 Å². The molecule has 20 heavy (non-hydrogen) atoms. The predicted molar refractivity (Wildman–Crippen MR) is 80.5 cm³/mol. The SMILES string of the molecule is CC(F)(CC1CCCCN1)c1cccc2ccncc12. The molecule has 2 nitrogen and oxygen atoms in total. The highest BCUT2D eigenvalue weighted by atomic mass is 19.1. The van der Waals surface area contributed by atoms with Gasteiger partial charge in [-0.2, -0.15) is 0 Å². The Kier molecular flexibility index (Phi) is 3.70. The lowest BCUT2D eigenvalue weighted by Gasteiger charge is -2.30. The van der Waals surface area contributed by atoms with Gasteiger partial charge < -0.3 is 5.32 Å². The van der Waals surface area contributed by atoms with Crippen LogP contribution in [0.15, 0.2) is 36.7 Å². The molecule has 0 amide bonds. The highest BCUT2D eigenvalue weighted by molar-refractivity contribution is 5.85. The van der Waals surface area contributed by atoms with Crippen molar-refractivity contribution in [3.63, 3.8) is 0 Å². The molecule has 0 saturated carbocycles. The van der Waals surface area contributed by atoms with E-state index in [0.717, 1.165) is 29.3 Å². The number of benzene rings is 1. The number of pyridine rings is 1. The molecule has 2 heterocycles. The molecular weight excluding hydrogens is 251 g/mol. The second-order valence-corrected chi connectivity index (χ2v) is 5.95. The van der Waals surface area contributed by atoms with Gasteiger partial charge in [0.05, 0.1) is 0 Å². The molecule has 0 aliphatic carbocycles. The molecule has 3 heteroatoms. The van der Waals surface area contributed by atoms with E-state index in [1.54, 1.807) is 19.3 Å². The van der Waals surface area contributed by atoms with E-state index < -0.39 is 5.67 Å². The van der Waals surface area contributed by atoms with Gasteiger partial charge in [-0.25, -0.2) is 4.39 Å². The molecule has 0 radical (unpaired) electrons. The van der Waals surface area contributed by atoms with Crippen molar-refractivity contribution < 1.29 is 4.39 Å². The monoisotopic (exact) mass is 272 g/mol. The van der Waals surface area contributed by atoms with Crippen molar-refractivity contribution in [3.8, 4) is 0 Å². The molecule has 0 spiro atoms. The Balaban J connectivity index is 1.91. The minimum Gasteiger partial charge on any atom is -0.314 e. The Bertz CT molecular complexity index is 583. The molecule has 1 saturated heterocycles. The Labute approximate surface area is 119 Å². The van der Waals surface area contributed by atoms with E-state index in [2.05, 4.69) is 10.3 Å². The van der Waals surface area contributed by atoms with Crippen LogP contribution in [0.25, 0.3) is 10.8 Å². The first kappa shape index (κ1) is 13.5. The summed E-state index contributed by atoms with van der Waals surface area (Å²) in [4.78, 5) is 4.15. The van der Waals surface area contributed by atoms with Gasteiger partial charge in [0.15, 0.2) is 0 Å². The summed E-state index contributed by atoms with van der Waals surface area (Å²) in [6, 6.07) is 8.06. The number of rotatable bonds is 3. The normalized spacial score (nSPS) is 22.6. The Morgan fingerprint density at radius 2 is 2.25 bits per heavy atom. The number of halogens is 1. The number of hydrogen-bond acceptors (Lipinski definition) is 2. The third-order valence-corrected chi connectivity index (χ3v) is 4.29. The van der Waals surface area contributed by atoms with Crippen LogP contribution in [0.1, 0.15) is 38.2 Å². The fourth-order valence-corrected chi connectivity index (χ4v) is 3.24. The molecule has 1 aliphatic rings. The largest absolute Gasteiger partial charge is 0.314 e. The van der Waals surface area contributed by atoms with Gasteiger partial charge in [0.2, 0.25) is 0 Å². The molecule has 1 N–H and O–H groups in total. The maximum atomic E-state index is 15.3. The molecule has 2 aromatic rings. The number of piperidine rings is 1. The first-order chi connectivity index (χ1) is 9.67. The van der Waals surface area contributed by atoms with E-state index in [0.29, 0.717) is 6.42 Å². The number of nitrogens with zero attached hydrogens (tertiary/aromatic N) is 1. The molecule has 3 rings (SSSR count). The maximum absolute atomic E-state index is 15.3. The van der Waals surface area contributed by atoms with Crippen LogP contribution in [0.5, 0.6) is 0 Å². The van der Waals surface area contributed by atoms with Crippen LogP contribution in [0.2, 0.25) is 0 Å². The van der Waals surface area contributed by atoms with Crippen molar-refractivity contribution in [2.75, 3.05) is 6.54 Å². The van der Waals surface area contributed by atoms with Crippen LogP contribution in [0.3, 0.4) is 0 Å². The fraction of sp³-hybridized carbons (Fsp3) is 0.471. The van der Waals surface area contributed by atoms with Crippen molar-refractivity contribution in [2.24, 2.45) is 0 Å². The smallest absolute Gasteiger partial charge is 0.135 e. The lowest BCUT2D eigenvalue weighted by molar-refractivity contribution is 0.148. The summed E-state index contributed by atoms with van der Waals surface area (Å²) in [5.41, 5.74) is -0.562. The second-order valence-electron chi connectivity index (χ2n) is 5.95. The zero-order valence-corrected chi connectivity index (χ0v) is 11.9. The number of alkyl halides is 1. The van der Waals surface area contributed by atoms with Gasteiger partial charge in [-0.3, -0.25) is 4.98 Å². The summed E-state index contributed by atoms with van der Waals surface area (Å²) in [7, 11) is 0. The van der Waals surface area contributed by atoms with Crippen LogP contribution in [0.4, 0.5) is 4.39 Å². The number of nitrogens with one attached hydrogen (secondary N) is 1. The molecule has 1 fully saturated rings. The van der Waals surface area contributed by atoms with Gasteiger partial charge in [0.25, 0.3) is 0 Å². The van der Waals surface area contributed by atoms with Crippen LogP contribution in [-0.2, 0) is 5.67 Å². The lowest BCUT2D eigenvalue weighted by Crippen LogP contribution is -2.38. The topological polar surface area (TPSA) is 24.9 Å². The first-order valence-corrected chi connectivity index (χ1v) is 7.42. The minimum atomic E-state index is -1.32. The van der Waals surface area contributed by atoms with E-state index in [-0.39, 0.29) is 6.04 Å². The molecule has 2 unspecified atom stereocenters. The highest BCUT2D eigenvalue weighted by Crippen LogP contribution is 2.36. The van der Waals surface area contributed by atoms with Crippen molar-refractivity contribution in [1.29, 1.82) is 0 Å². The molecule has 1 aromatic heterocycles. The van der Waals surface area contributed by atoms with E-state index in [1.165, 1.54) is 12.8 Å². The fourth-order valence-electron chi connectivity index (χ4n) is 3.24. The van der Waals surface area contributed by atoms with E-state index in [4.69, 9.17) is 0 Å². The maximum Gasteiger partial charge on any atom is 0.135 e. The van der Waals surface area contributed by atoms with Gasteiger partial charge in [-0.05, 0) is 43.3 Å². The average Bonchev–Trinajstić information content (AvgIpc) is 2.47. The summed E-state index contributed by atoms with van der Waals surface area (Å²) in [5.74, 6) is 0. The van der Waals surface area contributed by atoms with Gasteiger partial charge in [0, 0.05) is 30.2 Å². The Hall–Kier alpha value is -1.48. The van der Waals surface area contributed by atoms with Crippen molar-refractivity contribution in [3.05, 3.63) is 42.2 Å². The molecular formula is C17H21FN2. The van der Waals surface area contributed by atoms with Gasteiger partial charge >= 0.3 is 0 Å². The summed E-state index contributed by atoms with van der Waals surface area (Å²) in [6.45, 7) is 2.71. The van der Waals surface area contributed by atoms with Gasteiger partial charge in [0.1, 0.15) is 5.67 Å². The highest BCUT2D eigenvalue weighted by Gasteiger charge is 2.31. The molecule has 1 aliphatic heterocycles. The number of aromatic nitrogens is 1. The summed E-state index contributed by atoms with van der Waals surface area (Å²) < 4.78 is 15.3. The van der Waals surface area contributed by atoms with Crippen LogP contribution in [0, 0.1) is 0 Å². The van der Waals surface area contributed by atoms with Crippen molar-refractivity contribution >= 4 is 10.8 Å². The van der Waals surface area contributed by atoms with Crippen molar-refractivity contribution in [2.45, 2.75) is 44.3 Å². The van der Waals surface area contributed by atoms with Crippen molar-refractivity contribution in [1.82, 2.24) is 10.3 Å². The first-order valence-electron chi connectivity index (χ1n) is 7.42. The van der Waals surface area contributed by atoms with Crippen LogP contribution in [-0.4, -0.2) is 17.6 Å². The van der Waals surface area contributed by atoms with Crippen LogP contribution < -0.4 is 5.32 Å². The van der Waals surface area contributed by atoms with E-state index >= 15 is 4.39 Å². The molecule has 2 atom stereocenters. The Morgan fingerprint density at radius 3 is 3.05 bits per heavy atom. The lowest BCUT2D eigenvalue weighted by atomic mass is 9.85. The van der Waals surface area contributed by atoms with E-state index in [9.17, 15) is 0 Å². The summed E-state index contributed by atoms with van der Waals surface area (Å²) in [6.07, 6.45) is 7.53. The summed E-state index contributed by atoms with van der Waals surface area (Å²) in [5, 5.41) is 5.42. The quantitative estimate of drug-likeness (QED) is 0.915.